The standard InChI is InChI=1S/C15H29NS2/c1-14(2)7-12(8-15(3,4)11-14)16-9-13-10-17-5-6-18-13/h12-13,16H,5-11H2,1-4H3. The monoisotopic (exact) mass is 287 g/mol. The smallest absolute Gasteiger partial charge is 0.0263 e. The second-order valence-corrected chi connectivity index (χ2v) is 10.1. The van der Waals surface area contributed by atoms with Gasteiger partial charge in [-0.2, -0.15) is 23.5 Å². The van der Waals surface area contributed by atoms with E-state index in [1.165, 1.54) is 43.1 Å². The van der Waals surface area contributed by atoms with E-state index in [0.29, 0.717) is 10.8 Å². The van der Waals surface area contributed by atoms with Gasteiger partial charge in [0.1, 0.15) is 0 Å². The van der Waals surface area contributed by atoms with Gasteiger partial charge in [-0.1, -0.05) is 27.7 Å². The van der Waals surface area contributed by atoms with Gasteiger partial charge in [0.05, 0.1) is 0 Å². The molecule has 0 amide bonds. The molecule has 1 N–H and O–H groups in total. The van der Waals surface area contributed by atoms with Crippen LogP contribution in [0.1, 0.15) is 47.0 Å². The van der Waals surface area contributed by atoms with Gasteiger partial charge in [0.15, 0.2) is 0 Å². The molecule has 0 radical (unpaired) electrons. The van der Waals surface area contributed by atoms with Crippen molar-refractivity contribution < 1.29 is 0 Å². The van der Waals surface area contributed by atoms with Gasteiger partial charge in [0.25, 0.3) is 0 Å². The highest BCUT2D eigenvalue weighted by atomic mass is 32.2. The molecule has 0 bridgehead atoms. The van der Waals surface area contributed by atoms with Gasteiger partial charge < -0.3 is 5.32 Å². The molecule has 2 aliphatic rings. The second-order valence-electron chi connectivity index (χ2n) is 7.59. The summed E-state index contributed by atoms with van der Waals surface area (Å²) in [4.78, 5) is 0. The highest BCUT2D eigenvalue weighted by molar-refractivity contribution is 8.06. The summed E-state index contributed by atoms with van der Waals surface area (Å²) in [5.41, 5.74) is 1.02. The average Bonchev–Trinajstić information content (AvgIpc) is 2.24. The lowest BCUT2D eigenvalue weighted by Gasteiger charge is -2.45. The Morgan fingerprint density at radius 1 is 1.06 bits per heavy atom. The first kappa shape index (κ1) is 15.1. The van der Waals surface area contributed by atoms with Gasteiger partial charge in [-0.05, 0) is 30.1 Å². The van der Waals surface area contributed by atoms with Crippen molar-refractivity contribution in [3.05, 3.63) is 0 Å². The van der Waals surface area contributed by atoms with Gasteiger partial charge >= 0.3 is 0 Å². The van der Waals surface area contributed by atoms with Crippen molar-refractivity contribution in [3.63, 3.8) is 0 Å². The fourth-order valence-electron chi connectivity index (χ4n) is 3.94. The summed E-state index contributed by atoms with van der Waals surface area (Å²) in [6, 6.07) is 0.733. The van der Waals surface area contributed by atoms with Crippen LogP contribution >= 0.6 is 23.5 Å². The zero-order valence-electron chi connectivity index (χ0n) is 12.4. The molecule has 1 aliphatic heterocycles. The minimum Gasteiger partial charge on any atom is -0.313 e. The Bertz CT molecular complexity index is 254. The van der Waals surface area contributed by atoms with E-state index in [4.69, 9.17) is 0 Å². The molecule has 18 heavy (non-hydrogen) atoms. The predicted octanol–water partition coefficient (Wildman–Crippen LogP) is 4.03. The quantitative estimate of drug-likeness (QED) is 0.842. The number of thioether (sulfide) groups is 2. The molecule has 1 saturated heterocycles. The Hall–Kier alpha value is 0.660. The molecule has 2 rings (SSSR count). The highest BCUT2D eigenvalue weighted by Crippen LogP contribution is 2.45. The number of hydrogen-bond acceptors (Lipinski definition) is 3. The fourth-order valence-corrected chi connectivity index (χ4v) is 6.57. The number of rotatable bonds is 3. The van der Waals surface area contributed by atoms with Crippen LogP contribution in [0, 0.1) is 10.8 Å². The number of hydrogen-bond donors (Lipinski definition) is 1. The maximum atomic E-state index is 3.87. The summed E-state index contributed by atoms with van der Waals surface area (Å²) >= 11 is 4.30. The highest BCUT2D eigenvalue weighted by Gasteiger charge is 2.38. The van der Waals surface area contributed by atoms with Crippen LogP contribution in [0.15, 0.2) is 0 Å². The van der Waals surface area contributed by atoms with Crippen molar-refractivity contribution in [1.29, 1.82) is 0 Å². The van der Waals surface area contributed by atoms with Gasteiger partial charge in [-0.15, -0.1) is 0 Å². The molecule has 0 aromatic rings. The van der Waals surface area contributed by atoms with E-state index in [0.717, 1.165) is 11.3 Å². The molecule has 0 aromatic carbocycles. The molecule has 1 aliphatic carbocycles. The first-order chi connectivity index (χ1) is 8.36. The summed E-state index contributed by atoms with van der Waals surface area (Å²) in [6.07, 6.45) is 4.06. The molecule has 1 nitrogen and oxygen atoms in total. The molecule has 2 fully saturated rings. The Balaban J connectivity index is 1.81. The molecule has 0 aromatic heterocycles. The summed E-state index contributed by atoms with van der Waals surface area (Å²) in [5.74, 6) is 4.04. The maximum absolute atomic E-state index is 3.87. The molecule has 1 atom stereocenters. The molecule has 106 valence electrons. The summed E-state index contributed by atoms with van der Waals surface area (Å²) in [5, 5.41) is 4.71. The molecule has 3 heteroatoms. The van der Waals surface area contributed by atoms with Crippen LogP contribution < -0.4 is 5.32 Å². The lowest BCUT2D eigenvalue weighted by molar-refractivity contribution is 0.0855. The van der Waals surface area contributed by atoms with Crippen molar-refractivity contribution in [2.75, 3.05) is 23.8 Å². The van der Waals surface area contributed by atoms with E-state index < -0.39 is 0 Å². The van der Waals surface area contributed by atoms with Gasteiger partial charge in [0.2, 0.25) is 0 Å². The van der Waals surface area contributed by atoms with Crippen LogP contribution in [-0.4, -0.2) is 35.1 Å². The normalized spacial score (nSPS) is 32.3. The summed E-state index contributed by atoms with van der Waals surface area (Å²) < 4.78 is 0. The molecular formula is C15H29NS2. The molecule has 1 heterocycles. The van der Waals surface area contributed by atoms with Crippen LogP contribution in [0.4, 0.5) is 0 Å². The van der Waals surface area contributed by atoms with Gasteiger partial charge in [0, 0.05) is 35.1 Å². The average molecular weight is 288 g/mol. The van der Waals surface area contributed by atoms with E-state index in [1.807, 2.05) is 0 Å². The summed E-state index contributed by atoms with van der Waals surface area (Å²) in [7, 11) is 0. The Kier molecular flexibility index (Phi) is 4.99. The Labute approximate surface area is 122 Å². The summed E-state index contributed by atoms with van der Waals surface area (Å²) in [6.45, 7) is 11.0. The zero-order valence-corrected chi connectivity index (χ0v) is 14.1. The minimum atomic E-state index is 0.508. The zero-order chi connectivity index (χ0) is 13.2. The molecule has 1 saturated carbocycles. The van der Waals surface area contributed by atoms with Crippen LogP contribution in [-0.2, 0) is 0 Å². The second kappa shape index (κ2) is 5.97. The first-order valence-electron chi connectivity index (χ1n) is 7.29. The molecular weight excluding hydrogens is 258 g/mol. The SMILES string of the molecule is CC1(C)CC(NCC2CSCCS2)CC(C)(C)C1. The Morgan fingerprint density at radius 3 is 2.28 bits per heavy atom. The van der Waals surface area contributed by atoms with E-state index in [2.05, 4.69) is 56.5 Å². The van der Waals surface area contributed by atoms with E-state index in [-0.39, 0.29) is 0 Å². The van der Waals surface area contributed by atoms with Crippen LogP contribution in [0.25, 0.3) is 0 Å². The van der Waals surface area contributed by atoms with Gasteiger partial charge in [-0.25, -0.2) is 0 Å². The maximum Gasteiger partial charge on any atom is 0.0263 e. The van der Waals surface area contributed by atoms with Crippen molar-refractivity contribution in [2.24, 2.45) is 10.8 Å². The van der Waals surface area contributed by atoms with E-state index in [9.17, 15) is 0 Å². The van der Waals surface area contributed by atoms with Crippen molar-refractivity contribution in [2.45, 2.75) is 58.2 Å². The van der Waals surface area contributed by atoms with Crippen molar-refractivity contribution in [3.8, 4) is 0 Å². The predicted molar refractivity (Wildman–Crippen MR) is 86.8 cm³/mol. The largest absolute Gasteiger partial charge is 0.313 e. The first-order valence-corrected chi connectivity index (χ1v) is 9.49. The Morgan fingerprint density at radius 2 is 1.72 bits per heavy atom. The van der Waals surface area contributed by atoms with Crippen molar-refractivity contribution >= 4 is 23.5 Å². The molecule has 0 spiro atoms. The fraction of sp³-hybridized carbons (Fsp3) is 1.00. The van der Waals surface area contributed by atoms with Crippen LogP contribution in [0.2, 0.25) is 0 Å². The van der Waals surface area contributed by atoms with E-state index >= 15 is 0 Å². The lowest BCUT2D eigenvalue weighted by atomic mass is 9.63. The van der Waals surface area contributed by atoms with Gasteiger partial charge in [-0.3, -0.25) is 0 Å². The van der Waals surface area contributed by atoms with E-state index in [1.54, 1.807) is 0 Å². The van der Waals surface area contributed by atoms with Crippen LogP contribution in [0.5, 0.6) is 0 Å². The topological polar surface area (TPSA) is 12.0 Å². The van der Waals surface area contributed by atoms with Crippen LogP contribution in [0.3, 0.4) is 0 Å². The third kappa shape index (κ3) is 4.64. The third-order valence-corrected chi connectivity index (χ3v) is 6.92. The lowest BCUT2D eigenvalue weighted by Crippen LogP contribution is -2.46. The van der Waals surface area contributed by atoms with Crippen molar-refractivity contribution in [1.82, 2.24) is 5.32 Å². The minimum absolute atomic E-state index is 0.508. The third-order valence-electron chi connectivity index (χ3n) is 4.07. The number of nitrogens with one attached hydrogen (secondary N) is 1. The molecule has 1 unspecified atom stereocenters.